The zero-order valence-corrected chi connectivity index (χ0v) is 15.8. The molecule has 0 spiro atoms. The van der Waals surface area contributed by atoms with Gasteiger partial charge in [0.05, 0.1) is 23.3 Å². The van der Waals surface area contributed by atoms with Crippen LogP contribution in [0, 0.1) is 0 Å². The van der Waals surface area contributed by atoms with Crippen LogP contribution in [0.25, 0.3) is 10.7 Å². The second-order valence-corrected chi connectivity index (χ2v) is 7.82. The molecule has 0 fully saturated rings. The van der Waals surface area contributed by atoms with E-state index in [1.165, 1.54) is 11.8 Å². The molecule has 1 aliphatic rings. The molecule has 1 aliphatic heterocycles. The van der Waals surface area contributed by atoms with Crippen LogP contribution in [0.5, 0.6) is 5.75 Å². The predicted octanol–water partition coefficient (Wildman–Crippen LogP) is 3.28. The summed E-state index contributed by atoms with van der Waals surface area (Å²) in [5.41, 5.74) is 1.04. The second-order valence-electron chi connectivity index (χ2n) is 5.93. The van der Waals surface area contributed by atoms with Crippen molar-refractivity contribution in [1.82, 2.24) is 20.1 Å². The van der Waals surface area contributed by atoms with Crippen molar-refractivity contribution < 1.29 is 9.53 Å². The first kappa shape index (κ1) is 17.1. The fourth-order valence-electron chi connectivity index (χ4n) is 2.92. The first-order valence-electron chi connectivity index (χ1n) is 8.29. The average Bonchev–Trinajstić information content (AvgIpc) is 3.30. The van der Waals surface area contributed by atoms with Crippen molar-refractivity contribution in [1.29, 1.82) is 0 Å². The van der Waals surface area contributed by atoms with Crippen molar-refractivity contribution >= 4 is 29.0 Å². The van der Waals surface area contributed by atoms with Gasteiger partial charge in [0.1, 0.15) is 5.75 Å². The summed E-state index contributed by atoms with van der Waals surface area (Å²) in [5, 5.41) is 14.3. The van der Waals surface area contributed by atoms with E-state index in [-0.39, 0.29) is 11.9 Å². The number of para-hydroxylation sites is 1. The molecule has 0 saturated carbocycles. The van der Waals surface area contributed by atoms with Crippen LogP contribution in [-0.2, 0) is 11.8 Å². The highest BCUT2D eigenvalue weighted by molar-refractivity contribution is 7.99. The average molecular weight is 387 g/mol. The molecule has 134 valence electrons. The number of hydrogen-bond donors (Lipinski definition) is 1. The summed E-state index contributed by atoms with van der Waals surface area (Å²) in [7, 11) is 1.92. The molecular weight excluding hydrogens is 368 g/mol. The Kier molecular flexibility index (Phi) is 4.94. The zero-order valence-electron chi connectivity index (χ0n) is 14.2. The number of rotatable bonds is 5. The van der Waals surface area contributed by atoms with Gasteiger partial charge in [-0.1, -0.05) is 36.0 Å². The number of thiophene rings is 1. The predicted molar refractivity (Wildman–Crippen MR) is 102 cm³/mol. The Labute approximate surface area is 159 Å². The van der Waals surface area contributed by atoms with Crippen LogP contribution in [0.1, 0.15) is 18.0 Å². The highest BCUT2D eigenvalue weighted by Crippen LogP contribution is 2.31. The molecule has 1 aromatic carbocycles. The van der Waals surface area contributed by atoms with Crippen LogP contribution in [0.4, 0.5) is 0 Å². The lowest BCUT2D eigenvalue weighted by Crippen LogP contribution is -2.33. The minimum absolute atomic E-state index is 0.00535. The molecule has 6 nitrogen and oxygen atoms in total. The second kappa shape index (κ2) is 7.51. The van der Waals surface area contributed by atoms with Crippen molar-refractivity contribution in [2.45, 2.75) is 17.6 Å². The van der Waals surface area contributed by atoms with E-state index in [1.54, 1.807) is 11.3 Å². The van der Waals surface area contributed by atoms with Gasteiger partial charge in [-0.3, -0.25) is 4.79 Å². The van der Waals surface area contributed by atoms with Crippen molar-refractivity contribution in [2.24, 2.45) is 7.05 Å². The molecular formula is C18H18N4O2S2. The molecule has 8 heteroatoms. The lowest BCUT2D eigenvalue weighted by Gasteiger charge is -2.26. The quantitative estimate of drug-likeness (QED) is 0.682. The molecule has 3 aromatic rings. The van der Waals surface area contributed by atoms with Gasteiger partial charge in [0.2, 0.25) is 5.91 Å². The van der Waals surface area contributed by atoms with Gasteiger partial charge in [-0.05, 0) is 17.5 Å². The van der Waals surface area contributed by atoms with E-state index in [0.29, 0.717) is 12.4 Å². The number of carbonyl (C=O) groups excluding carboxylic acids is 1. The van der Waals surface area contributed by atoms with E-state index in [1.807, 2.05) is 53.4 Å². The first-order valence-corrected chi connectivity index (χ1v) is 10.2. The molecule has 26 heavy (non-hydrogen) atoms. The van der Waals surface area contributed by atoms with Crippen LogP contribution in [0.3, 0.4) is 0 Å². The number of aromatic nitrogens is 3. The Morgan fingerprint density at radius 3 is 3.08 bits per heavy atom. The van der Waals surface area contributed by atoms with E-state index in [4.69, 9.17) is 4.74 Å². The maximum atomic E-state index is 12.4. The Bertz CT molecular complexity index is 908. The number of nitrogens with zero attached hydrogens (tertiary/aromatic N) is 3. The SMILES string of the molecule is Cn1c(SCC(=O)NC2CCOc3ccccc32)nnc1-c1cccs1. The van der Waals surface area contributed by atoms with Crippen molar-refractivity contribution in [3.63, 3.8) is 0 Å². The summed E-state index contributed by atoms with van der Waals surface area (Å²) < 4.78 is 7.57. The Morgan fingerprint density at radius 1 is 1.35 bits per heavy atom. The summed E-state index contributed by atoms with van der Waals surface area (Å²) in [6, 6.07) is 11.8. The highest BCUT2D eigenvalue weighted by Gasteiger charge is 2.23. The minimum atomic E-state index is -0.0163. The van der Waals surface area contributed by atoms with Gasteiger partial charge in [0, 0.05) is 19.0 Å². The topological polar surface area (TPSA) is 69.0 Å². The summed E-state index contributed by atoms with van der Waals surface area (Å²) in [6.45, 7) is 0.614. The van der Waals surface area contributed by atoms with Gasteiger partial charge < -0.3 is 14.6 Å². The summed E-state index contributed by atoms with van der Waals surface area (Å²) in [4.78, 5) is 13.5. The fourth-order valence-corrected chi connectivity index (χ4v) is 4.39. The Balaban J connectivity index is 1.38. The number of nitrogens with one attached hydrogen (secondary N) is 1. The number of carbonyl (C=O) groups is 1. The third-order valence-corrected chi connectivity index (χ3v) is 6.09. The number of benzene rings is 1. The molecule has 0 aliphatic carbocycles. The molecule has 1 atom stereocenters. The highest BCUT2D eigenvalue weighted by atomic mass is 32.2. The van der Waals surface area contributed by atoms with Crippen LogP contribution in [-0.4, -0.2) is 33.0 Å². The van der Waals surface area contributed by atoms with Crippen LogP contribution in [0.15, 0.2) is 46.9 Å². The number of fused-ring (bicyclic) bond motifs is 1. The normalized spacial score (nSPS) is 16.0. The monoisotopic (exact) mass is 386 g/mol. The molecule has 0 saturated heterocycles. The largest absolute Gasteiger partial charge is 0.493 e. The molecule has 0 radical (unpaired) electrons. The third kappa shape index (κ3) is 3.47. The maximum Gasteiger partial charge on any atom is 0.230 e. The first-order chi connectivity index (χ1) is 12.7. The van der Waals surface area contributed by atoms with Crippen molar-refractivity contribution in [3.8, 4) is 16.5 Å². The van der Waals surface area contributed by atoms with Gasteiger partial charge >= 0.3 is 0 Å². The fraction of sp³-hybridized carbons (Fsp3) is 0.278. The maximum absolute atomic E-state index is 12.4. The number of ether oxygens (including phenoxy) is 1. The van der Waals surface area contributed by atoms with E-state index in [0.717, 1.165) is 33.6 Å². The molecule has 0 bridgehead atoms. The number of thioether (sulfide) groups is 1. The Morgan fingerprint density at radius 2 is 2.23 bits per heavy atom. The van der Waals surface area contributed by atoms with Crippen LogP contribution in [0.2, 0.25) is 0 Å². The molecule has 4 rings (SSSR count). The number of amides is 1. The molecule has 1 N–H and O–H groups in total. The molecule has 1 amide bonds. The molecule has 3 heterocycles. The lowest BCUT2D eigenvalue weighted by atomic mass is 10.0. The van der Waals surface area contributed by atoms with Gasteiger partial charge in [-0.15, -0.1) is 21.5 Å². The minimum Gasteiger partial charge on any atom is -0.493 e. The zero-order chi connectivity index (χ0) is 17.9. The van der Waals surface area contributed by atoms with E-state index in [2.05, 4.69) is 15.5 Å². The lowest BCUT2D eigenvalue weighted by molar-refractivity contribution is -0.119. The van der Waals surface area contributed by atoms with Gasteiger partial charge in [-0.25, -0.2) is 0 Å². The van der Waals surface area contributed by atoms with Gasteiger partial charge in [0.15, 0.2) is 11.0 Å². The summed E-state index contributed by atoms with van der Waals surface area (Å²) >= 11 is 3.01. The Hall–Kier alpha value is -2.32. The van der Waals surface area contributed by atoms with Crippen molar-refractivity contribution in [3.05, 3.63) is 47.3 Å². The standard InChI is InChI=1S/C18H18N4O2S2/c1-22-17(15-7-4-10-25-15)20-21-18(22)26-11-16(23)19-13-8-9-24-14-6-3-2-5-12(13)14/h2-7,10,13H,8-9,11H2,1H3,(H,19,23). The van der Waals surface area contributed by atoms with E-state index < -0.39 is 0 Å². The van der Waals surface area contributed by atoms with E-state index >= 15 is 0 Å². The number of hydrogen-bond acceptors (Lipinski definition) is 6. The van der Waals surface area contributed by atoms with Crippen LogP contribution >= 0.6 is 23.1 Å². The van der Waals surface area contributed by atoms with Crippen molar-refractivity contribution in [2.75, 3.05) is 12.4 Å². The molecule has 2 aromatic heterocycles. The van der Waals surface area contributed by atoms with Gasteiger partial charge in [-0.2, -0.15) is 0 Å². The van der Waals surface area contributed by atoms with Gasteiger partial charge in [0.25, 0.3) is 0 Å². The van der Waals surface area contributed by atoms with Crippen LogP contribution < -0.4 is 10.1 Å². The smallest absolute Gasteiger partial charge is 0.230 e. The van der Waals surface area contributed by atoms with E-state index in [9.17, 15) is 4.79 Å². The molecule has 1 unspecified atom stereocenters. The summed E-state index contributed by atoms with van der Waals surface area (Å²) in [6.07, 6.45) is 0.778. The third-order valence-electron chi connectivity index (χ3n) is 4.20. The summed E-state index contributed by atoms with van der Waals surface area (Å²) in [5.74, 6) is 1.96.